The van der Waals surface area contributed by atoms with Gasteiger partial charge in [0.05, 0.1) is 0 Å². The van der Waals surface area contributed by atoms with Gasteiger partial charge in [0.15, 0.2) is 5.78 Å². The van der Waals surface area contributed by atoms with E-state index in [0.717, 1.165) is 18.4 Å². The second-order valence-corrected chi connectivity index (χ2v) is 4.80. The Hall–Kier alpha value is -0.850. The molecule has 0 aromatic carbocycles. The monoisotopic (exact) mass is 178 g/mol. The molecule has 0 amide bonds. The van der Waals surface area contributed by atoms with Gasteiger partial charge in [-0.15, -0.1) is 0 Å². The van der Waals surface area contributed by atoms with Crippen molar-refractivity contribution in [1.82, 2.24) is 0 Å². The van der Waals surface area contributed by atoms with E-state index in [1.165, 1.54) is 5.57 Å². The van der Waals surface area contributed by atoms with Crippen molar-refractivity contribution in [1.29, 1.82) is 0 Å². The van der Waals surface area contributed by atoms with Gasteiger partial charge in [-0.2, -0.15) is 0 Å². The smallest absolute Gasteiger partial charge is 0.159 e. The molecule has 0 aliphatic heterocycles. The zero-order valence-corrected chi connectivity index (χ0v) is 8.81. The normalized spacial score (nSPS) is 27.5. The van der Waals surface area contributed by atoms with Crippen LogP contribution in [0.3, 0.4) is 0 Å². The maximum Gasteiger partial charge on any atom is 0.159 e. The van der Waals surface area contributed by atoms with Crippen LogP contribution in [0.2, 0.25) is 0 Å². The standard InChI is InChI=1S/C12H18O/c1-9-5-6-12(3,4)8-11(13)10(2)7-9/h5H,2,6-8H2,1,3-4H3/b9-5+. The molecule has 0 saturated heterocycles. The molecule has 1 rings (SSSR count). The van der Waals surface area contributed by atoms with Gasteiger partial charge in [-0.1, -0.05) is 32.1 Å². The molecule has 1 heteroatoms. The molecule has 0 aromatic rings. The number of carbonyl (C=O) groups excluding carboxylic acids is 1. The van der Waals surface area contributed by atoms with Crippen LogP contribution in [-0.4, -0.2) is 5.78 Å². The Kier molecular flexibility index (Phi) is 2.74. The molecule has 0 unspecified atom stereocenters. The summed E-state index contributed by atoms with van der Waals surface area (Å²) in [5, 5.41) is 0. The zero-order valence-electron chi connectivity index (χ0n) is 8.81. The van der Waals surface area contributed by atoms with E-state index in [9.17, 15) is 4.79 Å². The summed E-state index contributed by atoms with van der Waals surface area (Å²) in [5.41, 5.74) is 2.13. The molecule has 13 heavy (non-hydrogen) atoms. The van der Waals surface area contributed by atoms with Gasteiger partial charge in [0.1, 0.15) is 0 Å². The molecule has 0 radical (unpaired) electrons. The first-order valence-corrected chi connectivity index (χ1v) is 4.77. The molecule has 72 valence electrons. The van der Waals surface area contributed by atoms with E-state index in [4.69, 9.17) is 0 Å². The maximum atomic E-state index is 11.6. The topological polar surface area (TPSA) is 17.1 Å². The minimum absolute atomic E-state index is 0.0989. The molecule has 0 spiro atoms. The zero-order chi connectivity index (χ0) is 10.1. The van der Waals surface area contributed by atoms with E-state index < -0.39 is 0 Å². The summed E-state index contributed by atoms with van der Waals surface area (Å²) >= 11 is 0. The number of Topliss-reactive ketones (excluding diaryl/α,β-unsaturated/α-hetero) is 1. The Morgan fingerprint density at radius 1 is 1.46 bits per heavy atom. The highest BCUT2D eigenvalue weighted by Crippen LogP contribution is 2.31. The van der Waals surface area contributed by atoms with Gasteiger partial charge >= 0.3 is 0 Å². The molecule has 0 bridgehead atoms. The third-order valence-corrected chi connectivity index (χ3v) is 2.53. The van der Waals surface area contributed by atoms with Crippen molar-refractivity contribution in [3.05, 3.63) is 23.8 Å². The minimum atomic E-state index is 0.0989. The van der Waals surface area contributed by atoms with E-state index in [2.05, 4.69) is 33.4 Å². The van der Waals surface area contributed by atoms with Crippen LogP contribution in [0.15, 0.2) is 23.8 Å². The first-order chi connectivity index (χ1) is 5.91. The molecule has 1 aliphatic rings. The second kappa shape index (κ2) is 3.49. The molecule has 0 aromatic heterocycles. The summed E-state index contributed by atoms with van der Waals surface area (Å²) in [6.45, 7) is 10.2. The van der Waals surface area contributed by atoms with Crippen molar-refractivity contribution in [2.24, 2.45) is 5.41 Å². The molecule has 0 fully saturated rings. The third kappa shape index (κ3) is 2.83. The van der Waals surface area contributed by atoms with E-state index in [1.807, 2.05) is 0 Å². The maximum absolute atomic E-state index is 11.6. The van der Waals surface area contributed by atoms with Gasteiger partial charge in [0.2, 0.25) is 0 Å². The number of ketones is 1. The average molecular weight is 178 g/mol. The van der Waals surface area contributed by atoms with Crippen molar-refractivity contribution >= 4 is 5.78 Å². The third-order valence-electron chi connectivity index (χ3n) is 2.53. The van der Waals surface area contributed by atoms with Crippen molar-refractivity contribution in [3.63, 3.8) is 0 Å². The van der Waals surface area contributed by atoms with Crippen LogP contribution < -0.4 is 0 Å². The molecule has 1 nitrogen and oxygen atoms in total. The Morgan fingerprint density at radius 3 is 2.69 bits per heavy atom. The summed E-state index contributed by atoms with van der Waals surface area (Å²) in [4.78, 5) is 11.6. The molecule has 0 heterocycles. The van der Waals surface area contributed by atoms with Crippen LogP contribution >= 0.6 is 0 Å². The van der Waals surface area contributed by atoms with Crippen molar-refractivity contribution < 1.29 is 4.79 Å². The predicted molar refractivity (Wildman–Crippen MR) is 55.5 cm³/mol. The quantitative estimate of drug-likeness (QED) is 0.411. The van der Waals surface area contributed by atoms with Crippen LogP contribution in [0.1, 0.15) is 40.0 Å². The highest BCUT2D eigenvalue weighted by molar-refractivity contribution is 5.95. The SMILES string of the molecule is C=C1C/C(C)=C/CC(C)(C)CC1=O. The fourth-order valence-corrected chi connectivity index (χ4v) is 1.59. The summed E-state index contributed by atoms with van der Waals surface area (Å²) in [6.07, 6.45) is 4.62. The number of hydrogen-bond donors (Lipinski definition) is 0. The Morgan fingerprint density at radius 2 is 2.08 bits per heavy atom. The number of allylic oxidation sites excluding steroid dienone is 3. The average Bonchev–Trinajstić information content (AvgIpc) is 1.99. The Bertz CT molecular complexity index is 269. The van der Waals surface area contributed by atoms with Crippen LogP contribution in [-0.2, 0) is 4.79 Å². The first kappa shape index (κ1) is 10.2. The van der Waals surface area contributed by atoms with E-state index >= 15 is 0 Å². The lowest BCUT2D eigenvalue weighted by Gasteiger charge is -2.25. The number of carbonyl (C=O) groups is 1. The summed E-state index contributed by atoms with van der Waals surface area (Å²) < 4.78 is 0. The molecule has 0 saturated carbocycles. The van der Waals surface area contributed by atoms with E-state index in [0.29, 0.717) is 6.42 Å². The highest BCUT2D eigenvalue weighted by atomic mass is 16.1. The molecule has 0 N–H and O–H groups in total. The summed E-state index contributed by atoms with van der Waals surface area (Å²) in [6, 6.07) is 0. The predicted octanol–water partition coefficient (Wildman–Crippen LogP) is 3.27. The number of hydrogen-bond acceptors (Lipinski definition) is 1. The molecular weight excluding hydrogens is 160 g/mol. The van der Waals surface area contributed by atoms with Crippen LogP contribution in [0.5, 0.6) is 0 Å². The second-order valence-electron chi connectivity index (χ2n) is 4.80. The Balaban J connectivity index is 2.89. The lowest BCUT2D eigenvalue weighted by atomic mass is 9.79. The van der Waals surface area contributed by atoms with Gasteiger partial charge in [0, 0.05) is 6.42 Å². The van der Waals surface area contributed by atoms with Gasteiger partial charge < -0.3 is 0 Å². The van der Waals surface area contributed by atoms with Crippen molar-refractivity contribution in [2.45, 2.75) is 40.0 Å². The lowest BCUT2D eigenvalue weighted by Crippen LogP contribution is -2.19. The van der Waals surface area contributed by atoms with Crippen LogP contribution in [0, 0.1) is 5.41 Å². The highest BCUT2D eigenvalue weighted by Gasteiger charge is 2.24. The van der Waals surface area contributed by atoms with Gasteiger partial charge in [-0.3, -0.25) is 4.79 Å². The van der Waals surface area contributed by atoms with E-state index in [1.54, 1.807) is 0 Å². The molecule has 1 aliphatic carbocycles. The summed E-state index contributed by atoms with van der Waals surface area (Å²) in [5.74, 6) is 0.234. The van der Waals surface area contributed by atoms with Crippen molar-refractivity contribution in [3.8, 4) is 0 Å². The fraction of sp³-hybridized carbons (Fsp3) is 0.583. The van der Waals surface area contributed by atoms with Gasteiger partial charge in [-0.25, -0.2) is 0 Å². The largest absolute Gasteiger partial charge is 0.295 e. The minimum Gasteiger partial charge on any atom is -0.295 e. The van der Waals surface area contributed by atoms with Crippen LogP contribution in [0.4, 0.5) is 0 Å². The van der Waals surface area contributed by atoms with Gasteiger partial charge in [-0.05, 0) is 30.8 Å². The first-order valence-electron chi connectivity index (χ1n) is 4.77. The lowest BCUT2D eigenvalue weighted by molar-refractivity contribution is -0.117. The molecule has 0 atom stereocenters. The van der Waals surface area contributed by atoms with Crippen LogP contribution in [0.25, 0.3) is 0 Å². The summed E-state index contributed by atoms with van der Waals surface area (Å²) in [7, 11) is 0. The molecular formula is C12H18O. The van der Waals surface area contributed by atoms with E-state index in [-0.39, 0.29) is 11.2 Å². The Labute approximate surface area is 80.5 Å². The fourth-order valence-electron chi connectivity index (χ4n) is 1.59. The number of rotatable bonds is 0. The van der Waals surface area contributed by atoms with Crippen molar-refractivity contribution in [2.75, 3.05) is 0 Å². The van der Waals surface area contributed by atoms with Gasteiger partial charge in [0.25, 0.3) is 0 Å².